The van der Waals surface area contributed by atoms with Gasteiger partial charge in [-0.15, -0.1) is 0 Å². The van der Waals surface area contributed by atoms with Crippen LogP contribution < -0.4 is 4.90 Å². The average molecular weight is 255 g/mol. The minimum absolute atomic E-state index is 0.0281. The zero-order valence-corrected chi connectivity index (χ0v) is 10.5. The fourth-order valence-corrected chi connectivity index (χ4v) is 1.54. The van der Waals surface area contributed by atoms with Gasteiger partial charge in [0.05, 0.1) is 24.2 Å². The van der Waals surface area contributed by atoms with Crippen LogP contribution >= 0.6 is 0 Å². The topological polar surface area (TPSA) is 88.7 Å². The lowest BCUT2D eigenvalue weighted by Gasteiger charge is -2.22. The number of aromatic nitrogens is 1. The van der Waals surface area contributed by atoms with Gasteiger partial charge in [0.15, 0.2) is 0 Å². The van der Waals surface area contributed by atoms with Crippen molar-refractivity contribution in [1.82, 2.24) is 4.98 Å². The minimum atomic E-state index is -0.437. The molecule has 0 spiro atoms. The molecule has 1 heterocycles. The van der Waals surface area contributed by atoms with Crippen molar-refractivity contribution in [3.8, 4) is 0 Å². The van der Waals surface area contributed by atoms with Gasteiger partial charge in [-0.05, 0) is 6.92 Å². The Hall–Kier alpha value is -1.73. The maximum atomic E-state index is 10.9. The maximum absolute atomic E-state index is 10.9. The van der Waals surface area contributed by atoms with Crippen LogP contribution in [0.4, 0.5) is 11.5 Å². The Balaban J connectivity index is 2.97. The van der Waals surface area contributed by atoms with Gasteiger partial charge in [-0.3, -0.25) is 10.1 Å². The Morgan fingerprint density at radius 2 is 2.28 bits per heavy atom. The smallest absolute Gasteiger partial charge is 0.277 e. The van der Waals surface area contributed by atoms with Crippen LogP contribution in [0, 0.1) is 17.0 Å². The zero-order chi connectivity index (χ0) is 13.5. The van der Waals surface area contributed by atoms with Crippen LogP contribution in [-0.4, -0.2) is 48.4 Å². The largest absolute Gasteiger partial charge is 0.395 e. The van der Waals surface area contributed by atoms with Gasteiger partial charge in [0, 0.05) is 32.0 Å². The highest BCUT2D eigenvalue weighted by atomic mass is 16.6. The van der Waals surface area contributed by atoms with Crippen molar-refractivity contribution in [3.05, 3.63) is 27.9 Å². The second-order valence-corrected chi connectivity index (χ2v) is 3.79. The van der Waals surface area contributed by atoms with Crippen LogP contribution in [0.5, 0.6) is 0 Å². The van der Waals surface area contributed by atoms with E-state index < -0.39 is 4.92 Å². The molecule has 1 aromatic rings. The SMILES string of the molecule is COCCN(CCO)c1cc([N+](=O)[O-])c(C)cn1. The molecule has 7 nitrogen and oxygen atoms in total. The highest BCUT2D eigenvalue weighted by molar-refractivity contribution is 5.50. The number of methoxy groups -OCH3 is 1. The van der Waals surface area contributed by atoms with E-state index in [1.54, 1.807) is 18.9 Å². The molecule has 1 rings (SSSR count). The van der Waals surface area contributed by atoms with Gasteiger partial charge in [0.2, 0.25) is 0 Å². The van der Waals surface area contributed by atoms with E-state index in [9.17, 15) is 10.1 Å². The summed E-state index contributed by atoms with van der Waals surface area (Å²) < 4.78 is 4.96. The van der Waals surface area contributed by atoms with Crippen LogP contribution in [0.2, 0.25) is 0 Å². The van der Waals surface area contributed by atoms with Crippen molar-refractivity contribution in [3.63, 3.8) is 0 Å². The molecule has 1 aromatic heterocycles. The lowest BCUT2D eigenvalue weighted by atomic mass is 10.2. The fourth-order valence-electron chi connectivity index (χ4n) is 1.54. The molecule has 7 heteroatoms. The average Bonchev–Trinajstić information content (AvgIpc) is 2.35. The number of nitro groups is 1. The third kappa shape index (κ3) is 3.64. The summed E-state index contributed by atoms with van der Waals surface area (Å²) in [4.78, 5) is 16.3. The molecule has 0 aliphatic heterocycles. The number of nitrogens with zero attached hydrogens (tertiary/aromatic N) is 3. The number of anilines is 1. The first kappa shape index (κ1) is 14.3. The molecular formula is C11H17N3O4. The molecule has 0 bridgehead atoms. The highest BCUT2D eigenvalue weighted by Crippen LogP contribution is 2.22. The highest BCUT2D eigenvalue weighted by Gasteiger charge is 2.15. The summed E-state index contributed by atoms with van der Waals surface area (Å²) in [6.45, 7) is 2.93. The molecule has 0 saturated carbocycles. The number of aliphatic hydroxyl groups is 1. The van der Waals surface area contributed by atoms with Crippen LogP contribution in [0.3, 0.4) is 0 Å². The number of aliphatic hydroxyl groups excluding tert-OH is 1. The Labute approximate surface area is 105 Å². The van der Waals surface area contributed by atoms with Gasteiger partial charge >= 0.3 is 0 Å². The van der Waals surface area contributed by atoms with Crippen molar-refractivity contribution in [2.75, 3.05) is 38.3 Å². The molecule has 0 aliphatic rings. The van der Waals surface area contributed by atoms with E-state index in [0.717, 1.165) is 0 Å². The number of rotatable bonds is 7. The van der Waals surface area contributed by atoms with Crippen molar-refractivity contribution < 1.29 is 14.8 Å². The van der Waals surface area contributed by atoms with Gasteiger partial charge < -0.3 is 14.7 Å². The molecule has 0 radical (unpaired) electrons. The summed E-state index contributed by atoms with van der Waals surface area (Å²) in [5.74, 6) is 0.471. The van der Waals surface area contributed by atoms with E-state index in [1.807, 2.05) is 0 Å². The number of hydrogen-bond donors (Lipinski definition) is 1. The molecule has 18 heavy (non-hydrogen) atoms. The van der Waals surface area contributed by atoms with E-state index >= 15 is 0 Å². The maximum Gasteiger partial charge on any atom is 0.277 e. The van der Waals surface area contributed by atoms with Gasteiger partial charge in [-0.25, -0.2) is 4.98 Å². The lowest BCUT2D eigenvalue weighted by molar-refractivity contribution is -0.385. The first-order chi connectivity index (χ1) is 8.60. The monoisotopic (exact) mass is 255 g/mol. The van der Waals surface area contributed by atoms with Gasteiger partial charge in [0.25, 0.3) is 5.69 Å². The lowest BCUT2D eigenvalue weighted by Crippen LogP contribution is -2.31. The van der Waals surface area contributed by atoms with Gasteiger partial charge in [-0.2, -0.15) is 0 Å². The predicted molar refractivity (Wildman–Crippen MR) is 66.8 cm³/mol. The van der Waals surface area contributed by atoms with Crippen LogP contribution in [0.25, 0.3) is 0 Å². The van der Waals surface area contributed by atoms with E-state index in [-0.39, 0.29) is 12.3 Å². The first-order valence-corrected chi connectivity index (χ1v) is 5.56. The summed E-state index contributed by atoms with van der Waals surface area (Å²) in [5.41, 5.74) is 0.541. The van der Waals surface area contributed by atoms with Crippen LogP contribution in [-0.2, 0) is 4.74 Å². The third-order valence-electron chi connectivity index (χ3n) is 2.52. The number of pyridine rings is 1. The standard InChI is InChI=1S/C11H17N3O4/c1-9-8-12-11(7-10(9)14(16)17)13(3-5-15)4-6-18-2/h7-8,15H,3-6H2,1-2H3. The number of hydrogen-bond acceptors (Lipinski definition) is 6. The number of aryl methyl sites for hydroxylation is 1. The second-order valence-electron chi connectivity index (χ2n) is 3.79. The quantitative estimate of drug-likeness (QED) is 0.571. The van der Waals surface area contributed by atoms with Gasteiger partial charge in [-0.1, -0.05) is 0 Å². The molecular weight excluding hydrogens is 238 g/mol. The van der Waals surface area contributed by atoms with E-state index in [1.165, 1.54) is 12.3 Å². The van der Waals surface area contributed by atoms with E-state index in [2.05, 4.69) is 4.98 Å². The summed E-state index contributed by atoms with van der Waals surface area (Å²) in [5, 5.41) is 19.8. The zero-order valence-electron chi connectivity index (χ0n) is 10.5. The van der Waals surface area contributed by atoms with E-state index in [0.29, 0.717) is 31.1 Å². The molecule has 0 amide bonds. The normalized spacial score (nSPS) is 10.4. The molecule has 0 aromatic carbocycles. The van der Waals surface area contributed by atoms with E-state index in [4.69, 9.17) is 9.84 Å². The Bertz CT molecular complexity index is 411. The third-order valence-corrected chi connectivity index (χ3v) is 2.52. The van der Waals surface area contributed by atoms with Crippen molar-refractivity contribution >= 4 is 11.5 Å². The molecule has 1 N–H and O–H groups in total. The number of ether oxygens (including phenoxy) is 1. The molecule has 0 fully saturated rings. The molecule has 100 valence electrons. The molecule has 0 saturated heterocycles. The Morgan fingerprint density at radius 3 is 2.83 bits per heavy atom. The summed E-state index contributed by atoms with van der Waals surface area (Å²) in [7, 11) is 1.57. The van der Waals surface area contributed by atoms with Crippen molar-refractivity contribution in [2.45, 2.75) is 6.92 Å². The van der Waals surface area contributed by atoms with Crippen molar-refractivity contribution in [1.29, 1.82) is 0 Å². The Morgan fingerprint density at radius 1 is 1.56 bits per heavy atom. The molecule has 0 aliphatic carbocycles. The van der Waals surface area contributed by atoms with Gasteiger partial charge in [0.1, 0.15) is 5.82 Å². The first-order valence-electron chi connectivity index (χ1n) is 5.56. The predicted octanol–water partition coefficient (Wildman–Crippen LogP) is 0.743. The Kier molecular flexibility index (Phi) is 5.47. The molecule has 0 atom stereocenters. The summed E-state index contributed by atoms with van der Waals surface area (Å²) in [6, 6.07) is 1.42. The fraction of sp³-hybridized carbons (Fsp3) is 0.545. The van der Waals surface area contributed by atoms with Crippen molar-refractivity contribution in [2.24, 2.45) is 0 Å². The summed E-state index contributed by atoms with van der Waals surface area (Å²) >= 11 is 0. The molecule has 0 unspecified atom stereocenters. The minimum Gasteiger partial charge on any atom is -0.395 e. The van der Waals surface area contributed by atoms with Crippen LogP contribution in [0.15, 0.2) is 12.3 Å². The second kappa shape index (κ2) is 6.87. The van der Waals surface area contributed by atoms with Crippen LogP contribution in [0.1, 0.15) is 5.56 Å². The summed E-state index contributed by atoms with van der Waals surface area (Å²) in [6.07, 6.45) is 1.46.